The zero-order valence-corrected chi connectivity index (χ0v) is 38.5. The van der Waals surface area contributed by atoms with Crippen LogP contribution in [0, 0.1) is 11.8 Å². The number of allylic oxidation sites excluding steroid dienone is 5. The molecule has 7 heteroatoms. The van der Waals surface area contributed by atoms with Crippen LogP contribution in [0.5, 0.6) is 0 Å². The first kappa shape index (κ1) is 39.5. The molecular weight excluding hydrogens is 867 g/mol. The highest BCUT2D eigenvalue weighted by atomic mass is 15.2. The Morgan fingerprint density at radius 1 is 0.394 bits per heavy atom. The first-order chi connectivity index (χ1) is 35.3. The Kier molecular flexibility index (Phi) is 8.62. The summed E-state index contributed by atoms with van der Waals surface area (Å²) in [6.45, 7) is 0. The van der Waals surface area contributed by atoms with Gasteiger partial charge in [-0.05, 0) is 67.3 Å². The van der Waals surface area contributed by atoms with Crippen molar-refractivity contribution >= 4 is 88.0 Å². The first-order valence-electron chi connectivity index (χ1n) is 24.3. The van der Waals surface area contributed by atoms with Crippen molar-refractivity contribution in [2.24, 2.45) is 0 Å². The topological polar surface area (TPSA) is 58.4 Å². The third-order valence-corrected chi connectivity index (χ3v) is 14.5. The maximum atomic E-state index is 5.37. The number of benzene rings is 8. The van der Waals surface area contributed by atoms with Gasteiger partial charge in [-0.2, -0.15) is 9.97 Å². The lowest BCUT2D eigenvalue weighted by molar-refractivity contribution is 0.927. The highest BCUT2D eigenvalue weighted by molar-refractivity contribution is 6.24. The zero-order chi connectivity index (χ0) is 46.6. The normalized spacial score (nSPS) is 13.4. The van der Waals surface area contributed by atoms with Gasteiger partial charge >= 0.3 is 0 Å². The summed E-state index contributed by atoms with van der Waals surface area (Å²) >= 11 is 0. The van der Waals surface area contributed by atoms with E-state index < -0.39 is 0 Å². The molecule has 0 saturated carbocycles. The molecule has 71 heavy (non-hydrogen) atoms. The molecule has 2 aliphatic rings. The van der Waals surface area contributed by atoms with Crippen molar-refractivity contribution in [1.29, 1.82) is 0 Å². The van der Waals surface area contributed by atoms with Crippen LogP contribution in [0.4, 0.5) is 0 Å². The Hall–Kier alpha value is -9.51. The van der Waals surface area contributed by atoms with Crippen LogP contribution in [0.25, 0.3) is 122 Å². The fourth-order valence-corrected chi connectivity index (χ4v) is 11.4. The van der Waals surface area contributed by atoms with Gasteiger partial charge in [0.25, 0.3) is 0 Å². The number of nitrogens with zero attached hydrogens (tertiary/aromatic N) is 7. The number of aromatic nitrogens is 7. The molecule has 0 N–H and O–H groups in total. The van der Waals surface area contributed by atoms with Gasteiger partial charge in [0.05, 0.1) is 38.6 Å². The predicted octanol–water partition coefficient (Wildman–Crippen LogP) is 15.3. The molecule has 0 unspecified atom stereocenters. The number of hydrogen-bond donors (Lipinski definition) is 0. The second-order valence-corrected chi connectivity index (χ2v) is 18.4. The number of rotatable bonds is 6. The van der Waals surface area contributed by atoms with E-state index in [2.05, 4.69) is 224 Å². The first-order valence-corrected chi connectivity index (χ1v) is 24.3. The van der Waals surface area contributed by atoms with Crippen molar-refractivity contribution in [2.45, 2.75) is 19.3 Å². The molecule has 0 amide bonds. The predicted molar refractivity (Wildman–Crippen MR) is 292 cm³/mol. The molecule has 332 valence electrons. The SMILES string of the molecule is C1#Cc2c(c3ccc4c5ccccc5n(-c5ccccc5)c4c3n2-c2cccc(-n3c4ccccc4c4ccc5c6ccccc6n(-c6nc(C7=CCCC=C7)nc(-c7ccccc7)n6)c5c43)c2)C=CC1. The second kappa shape index (κ2) is 15.5. The van der Waals surface area contributed by atoms with E-state index in [-0.39, 0.29) is 0 Å². The summed E-state index contributed by atoms with van der Waals surface area (Å²) in [7, 11) is 0. The van der Waals surface area contributed by atoms with E-state index in [0.29, 0.717) is 24.0 Å². The second-order valence-electron chi connectivity index (χ2n) is 18.4. The van der Waals surface area contributed by atoms with Gasteiger partial charge in [-0.25, -0.2) is 4.98 Å². The smallest absolute Gasteiger partial charge is 0.238 e. The molecule has 8 aromatic carbocycles. The molecular formula is C64H41N7. The minimum Gasteiger partial charge on any atom is -0.307 e. The summed E-state index contributed by atoms with van der Waals surface area (Å²) in [5.41, 5.74) is 14.9. The van der Waals surface area contributed by atoms with Crippen LogP contribution in [-0.4, -0.2) is 33.2 Å². The van der Waals surface area contributed by atoms with E-state index in [1.54, 1.807) is 0 Å². The molecule has 7 nitrogen and oxygen atoms in total. The summed E-state index contributed by atoms with van der Waals surface area (Å²) in [6.07, 6.45) is 13.7. The van der Waals surface area contributed by atoms with Gasteiger partial charge in [-0.15, -0.1) is 0 Å². The minimum absolute atomic E-state index is 0.573. The average Bonchev–Trinajstić information content (AvgIpc) is 4.11. The molecule has 0 atom stereocenters. The van der Waals surface area contributed by atoms with Crippen LogP contribution in [0.3, 0.4) is 0 Å². The molecule has 0 bridgehead atoms. The number of hydrogen-bond acceptors (Lipinski definition) is 3. The highest BCUT2D eigenvalue weighted by Gasteiger charge is 2.26. The van der Waals surface area contributed by atoms with Crippen molar-refractivity contribution in [3.63, 3.8) is 0 Å². The fraction of sp³-hybridized carbons (Fsp3) is 0.0469. The monoisotopic (exact) mass is 907 g/mol. The molecule has 5 aromatic heterocycles. The molecule has 13 aromatic rings. The van der Waals surface area contributed by atoms with Gasteiger partial charge in [0.15, 0.2) is 11.6 Å². The van der Waals surface area contributed by atoms with Crippen molar-refractivity contribution < 1.29 is 0 Å². The highest BCUT2D eigenvalue weighted by Crippen LogP contribution is 2.44. The van der Waals surface area contributed by atoms with Crippen LogP contribution in [0.1, 0.15) is 36.3 Å². The summed E-state index contributed by atoms with van der Waals surface area (Å²) in [5, 5.41) is 8.13. The van der Waals surface area contributed by atoms with Gasteiger partial charge in [0.2, 0.25) is 5.95 Å². The Labute approximate surface area is 408 Å². The van der Waals surface area contributed by atoms with Crippen LogP contribution in [0.2, 0.25) is 0 Å². The summed E-state index contributed by atoms with van der Waals surface area (Å²) in [6, 6.07) is 65.4. The largest absolute Gasteiger partial charge is 0.307 e. The average molecular weight is 908 g/mol. The van der Waals surface area contributed by atoms with E-state index in [4.69, 9.17) is 15.0 Å². The Balaban J connectivity index is 1.05. The van der Waals surface area contributed by atoms with E-state index in [1.807, 2.05) is 18.2 Å². The van der Waals surface area contributed by atoms with E-state index in [1.165, 1.54) is 16.2 Å². The summed E-state index contributed by atoms with van der Waals surface area (Å²) in [4.78, 5) is 15.9. The molecule has 0 saturated heterocycles. The molecule has 15 rings (SSSR count). The van der Waals surface area contributed by atoms with Gasteiger partial charge in [0, 0.05) is 77.9 Å². The van der Waals surface area contributed by atoms with Crippen LogP contribution >= 0.6 is 0 Å². The number of fused-ring (bicyclic) bond motifs is 14. The standard InChI is InChI=1S/C64H41N7/c1-5-20-41(21-6-1)62-65-63(42-22-7-2-8-23-42)67-64(66-62)71-57-35-18-15-31-49(57)53-39-38-52-48-30-14-17-34-56(48)70(60(52)61(53)71)45-27-19-26-44(40-45)69-55-32-12-4-11-28-46(55)51-37-36-50-47-29-13-16-33-54(47)68(58(50)59(51)69)43-24-9-3-10-25-43/h1,3,5-7,9-11,13-31,33-40H,2,4,8H2. The Morgan fingerprint density at radius 2 is 0.930 bits per heavy atom. The quantitative estimate of drug-likeness (QED) is 0.156. The minimum atomic E-state index is 0.573. The van der Waals surface area contributed by atoms with E-state index >= 15 is 0 Å². The van der Waals surface area contributed by atoms with Gasteiger partial charge < -0.3 is 9.13 Å². The third kappa shape index (κ3) is 5.89. The molecule has 0 aliphatic heterocycles. The molecule has 0 fully saturated rings. The van der Waals surface area contributed by atoms with Crippen LogP contribution in [-0.2, 0) is 0 Å². The lowest BCUT2D eigenvalue weighted by Crippen LogP contribution is -2.09. The molecule has 0 radical (unpaired) electrons. The fourth-order valence-electron chi connectivity index (χ4n) is 11.4. The molecule has 5 heterocycles. The molecule has 0 spiro atoms. The maximum Gasteiger partial charge on any atom is 0.238 e. The molecule has 2 aliphatic carbocycles. The van der Waals surface area contributed by atoms with Crippen molar-refractivity contribution in [3.05, 3.63) is 223 Å². The third-order valence-electron chi connectivity index (χ3n) is 14.5. The van der Waals surface area contributed by atoms with E-state index in [9.17, 15) is 0 Å². The van der Waals surface area contributed by atoms with Crippen molar-refractivity contribution in [3.8, 4) is 46.2 Å². The Bertz CT molecular complexity index is 4540. The van der Waals surface area contributed by atoms with E-state index in [0.717, 1.165) is 112 Å². The van der Waals surface area contributed by atoms with Gasteiger partial charge in [-0.3, -0.25) is 9.13 Å². The Morgan fingerprint density at radius 3 is 1.59 bits per heavy atom. The van der Waals surface area contributed by atoms with Gasteiger partial charge in [-0.1, -0.05) is 170 Å². The van der Waals surface area contributed by atoms with Crippen molar-refractivity contribution in [1.82, 2.24) is 33.2 Å². The van der Waals surface area contributed by atoms with Gasteiger partial charge in [0.1, 0.15) is 5.69 Å². The van der Waals surface area contributed by atoms with Crippen LogP contribution < -0.4 is 0 Å². The lowest BCUT2D eigenvalue weighted by atomic mass is 10.1. The summed E-state index contributed by atoms with van der Waals surface area (Å²) in [5.74, 6) is 9.02. The lowest BCUT2D eigenvalue weighted by Gasteiger charge is -2.16. The number of para-hydroxylation sites is 4. The van der Waals surface area contributed by atoms with Crippen LogP contribution in [0.15, 0.2) is 206 Å². The maximum absolute atomic E-state index is 5.37. The van der Waals surface area contributed by atoms with Crippen molar-refractivity contribution in [2.75, 3.05) is 0 Å². The zero-order valence-electron chi connectivity index (χ0n) is 38.5. The summed E-state index contributed by atoms with van der Waals surface area (Å²) < 4.78 is 9.58.